The molecule has 0 bridgehead atoms. The van der Waals surface area contributed by atoms with Crippen molar-refractivity contribution >= 4 is 35.8 Å². The number of aryl methyl sites for hydroxylation is 1. The molecule has 0 saturated carbocycles. The number of carbonyl (C=O) groups is 1. The molecule has 0 fully saturated rings. The monoisotopic (exact) mass is 542 g/mol. The number of benzene rings is 2. The van der Waals surface area contributed by atoms with E-state index in [4.69, 9.17) is 4.74 Å². The van der Waals surface area contributed by atoms with E-state index in [1.165, 1.54) is 12.1 Å². The number of nitrogens with zero attached hydrogens (tertiary/aromatic N) is 1. The van der Waals surface area contributed by atoms with Crippen LogP contribution >= 0.6 is 24.0 Å². The topological polar surface area (TPSA) is 74.8 Å². The van der Waals surface area contributed by atoms with Crippen LogP contribution in [0.15, 0.2) is 47.5 Å². The van der Waals surface area contributed by atoms with Crippen LogP contribution in [0.1, 0.15) is 42.3 Å². The van der Waals surface area contributed by atoms with Crippen molar-refractivity contribution in [3.63, 3.8) is 0 Å². The van der Waals surface area contributed by atoms with Gasteiger partial charge < -0.3 is 20.7 Å². The Hall–Kier alpha value is -2.36. The molecular formula is C23H32FIN4O2. The van der Waals surface area contributed by atoms with Crippen LogP contribution < -0.4 is 20.7 Å². The first-order valence-corrected chi connectivity index (χ1v) is 10.2. The highest BCUT2D eigenvalue weighted by atomic mass is 127. The normalized spacial score (nSPS) is 11.0. The van der Waals surface area contributed by atoms with E-state index in [1.807, 2.05) is 45.9 Å². The first-order valence-electron chi connectivity index (χ1n) is 10.2. The van der Waals surface area contributed by atoms with Crippen molar-refractivity contribution in [1.29, 1.82) is 0 Å². The molecular weight excluding hydrogens is 510 g/mol. The van der Waals surface area contributed by atoms with Gasteiger partial charge in [-0.3, -0.25) is 4.79 Å². The zero-order valence-electron chi connectivity index (χ0n) is 18.5. The van der Waals surface area contributed by atoms with E-state index in [0.717, 1.165) is 16.9 Å². The summed E-state index contributed by atoms with van der Waals surface area (Å²) in [7, 11) is 0. The number of rotatable bonds is 9. The molecule has 1 amide bonds. The predicted molar refractivity (Wildman–Crippen MR) is 134 cm³/mol. The third-order valence-electron chi connectivity index (χ3n) is 4.16. The standard InChI is InChI=1S/C23H31FN4O2.HI/c1-5-25-23(27-13-12-26-22(29)19-8-6-7-9-20(19)24)28-15-18-11-10-17(4)14-21(18)30-16(2)3;/h6-11,14,16H,5,12-13,15H2,1-4H3,(H,26,29)(H2,25,27,28);1H. The number of hydrogen-bond acceptors (Lipinski definition) is 3. The van der Waals surface area contributed by atoms with E-state index >= 15 is 0 Å². The maximum atomic E-state index is 13.7. The zero-order valence-corrected chi connectivity index (χ0v) is 20.8. The van der Waals surface area contributed by atoms with E-state index in [9.17, 15) is 9.18 Å². The van der Waals surface area contributed by atoms with E-state index in [0.29, 0.717) is 32.1 Å². The number of halogens is 2. The Morgan fingerprint density at radius 3 is 2.48 bits per heavy atom. The van der Waals surface area contributed by atoms with Crippen molar-refractivity contribution in [2.45, 2.75) is 40.3 Å². The van der Waals surface area contributed by atoms with Crippen LogP contribution in [0.5, 0.6) is 5.75 Å². The predicted octanol–water partition coefficient (Wildman–Crippen LogP) is 4.02. The lowest BCUT2D eigenvalue weighted by molar-refractivity contribution is 0.0950. The Labute approximate surface area is 201 Å². The summed E-state index contributed by atoms with van der Waals surface area (Å²) >= 11 is 0. The van der Waals surface area contributed by atoms with Gasteiger partial charge in [-0.05, 0) is 51.5 Å². The molecule has 0 radical (unpaired) electrons. The molecule has 2 aromatic carbocycles. The van der Waals surface area contributed by atoms with Gasteiger partial charge in [0.2, 0.25) is 0 Å². The summed E-state index contributed by atoms with van der Waals surface area (Å²) in [6.45, 7) is 9.96. The van der Waals surface area contributed by atoms with Crippen LogP contribution in [-0.4, -0.2) is 37.6 Å². The van der Waals surface area contributed by atoms with Crippen molar-refractivity contribution in [3.05, 3.63) is 65.0 Å². The molecule has 2 aromatic rings. The fourth-order valence-corrected chi connectivity index (χ4v) is 2.76. The first-order chi connectivity index (χ1) is 14.4. The van der Waals surface area contributed by atoms with Crippen LogP contribution in [-0.2, 0) is 6.54 Å². The van der Waals surface area contributed by atoms with E-state index in [-0.39, 0.29) is 35.6 Å². The minimum Gasteiger partial charge on any atom is -0.491 e. The number of amides is 1. The molecule has 0 aromatic heterocycles. The number of nitrogens with one attached hydrogen (secondary N) is 3. The zero-order chi connectivity index (χ0) is 21.9. The SMILES string of the molecule is CCNC(=NCc1ccc(C)cc1OC(C)C)NCCNC(=O)c1ccccc1F.I. The molecule has 0 aliphatic carbocycles. The fraction of sp³-hybridized carbons (Fsp3) is 0.391. The number of aliphatic imine (C=N–C) groups is 1. The number of carbonyl (C=O) groups excluding carboxylic acids is 1. The van der Waals surface area contributed by atoms with Gasteiger partial charge in [-0.25, -0.2) is 9.38 Å². The quantitative estimate of drug-likeness (QED) is 0.194. The molecule has 31 heavy (non-hydrogen) atoms. The van der Waals surface area contributed by atoms with Crippen molar-refractivity contribution < 1.29 is 13.9 Å². The molecule has 0 unspecified atom stereocenters. The third kappa shape index (κ3) is 9.12. The van der Waals surface area contributed by atoms with Gasteiger partial charge in [0.05, 0.1) is 18.2 Å². The third-order valence-corrected chi connectivity index (χ3v) is 4.16. The van der Waals surface area contributed by atoms with Gasteiger partial charge in [0.25, 0.3) is 5.91 Å². The van der Waals surface area contributed by atoms with Crippen LogP contribution in [0.25, 0.3) is 0 Å². The second-order valence-corrected chi connectivity index (χ2v) is 7.14. The summed E-state index contributed by atoms with van der Waals surface area (Å²) in [4.78, 5) is 16.7. The van der Waals surface area contributed by atoms with Crippen LogP contribution in [0.4, 0.5) is 4.39 Å². The Kier molecular flexibility index (Phi) is 11.9. The van der Waals surface area contributed by atoms with Gasteiger partial charge >= 0.3 is 0 Å². The maximum Gasteiger partial charge on any atom is 0.254 e. The van der Waals surface area contributed by atoms with Crippen LogP contribution in [0.3, 0.4) is 0 Å². The molecule has 0 atom stereocenters. The molecule has 0 aliphatic rings. The van der Waals surface area contributed by atoms with E-state index in [2.05, 4.69) is 20.9 Å². The lowest BCUT2D eigenvalue weighted by Gasteiger charge is -2.15. The number of guanidine groups is 1. The molecule has 170 valence electrons. The molecule has 3 N–H and O–H groups in total. The summed E-state index contributed by atoms with van der Waals surface area (Å²) in [5.41, 5.74) is 2.17. The smallest absolute Gasteiger partial charge is 0.254 e. The Bertz CT molecular complexity index is 874. The minimum absolute atomic E-state index is 0. The van der Waals surface area contributed by atoms with E-state index < -0.39 is 11.7 Å². The molecule has 8 heteroatoms. The average Bonchev–Trinajstić information content (AvgIpc) is 2.70. The van der Waals surface area contributed by atoms with Crippen LogP contribution in [0, 0.1) is 12.7 Å². The molecule has 0 heterocycles. The Morgan fingerprint density at radius 1 is 1.10 bits per heavy atom. The second-order valence-electron chi connectivity index (χ2n) is 7.14. The summed E-state index contributed by atoms with van der Waals surface area (Å²) in [6.07, 6.45) is 0.0824. The lowest BCUT2D eigenvalue weighted by atomic mass is 10.1. The summed E-state index contributed by atoms with van der Waals surface area (Å²) in [6, 6.07) is 12.0. The highest BCUT2D eigenvalue weighted by molar-refractivity contribution is 14.0. The second kappa shape index (κ2) is 13.8. The maximum absolute atomic E-state index is 13.7. The van der Waals surface area contributed by atoms with Crippen molar-refractivity contribution in [3.8, 4) is 5.75 Å². The Morgan fingerprint density at radius 2 is 1.81 bits per heavy atom. The average molecular weight is 542 g/mol. The molecule has 0 aliphatic heterocycles. The summed E-state index contributed by atoms with van der Waals surface area (Å²) in [5.74, 6) is 0.498. The van der Waals surface area contributed by atoms with Crippen molar-refractivity contribution in [2.24, 2.45) is 4.99 Å². The largest absolute Gasteiger partial charge is 0.491 e. The number of hydrogen-bond donors (Lipinski definition) is 3. The van der Waals surface area contributed by atoms with Gasteiger partial charge in [-0.2, -0.15) is 0 Å². The molecule has 6 nitrogen and oxygen atoms in total. The van der Waals surface area contributed by atoms with Gasteiger partial charge in [0.15, 0.2) is 5.96 Å². The number of ether oxygens (including phenoxy) is 1. The van der Waals surface area contributed by atoms with Crippen molar-refractivity contribution in [2.75, 3.05) is 19.6 Å². The van der Waals surface area contributed by atoms with Gasteiger partial charge in [0.1, 0.15) is 11.6 Å². The highest BCUT2D eigenvalue weighted by Crippen LogP contribution is 2.22. The molecule has 2 rings (SSSR count). The van der Waals surface area contributed by atoms with Gasteiger partial charge in [-0.15, -0.1) is 24.0 Å². The summed E-state index contributed by atoms with van der Waals surface area (Å²) < 4.78 is 19.6. The lowest BCUT2D eigenvalue weighted by Crippen LogP contribution is -2.41. The van der Waals surface area contributed by atoms with Gasteiger partial charge in [-0.1, -0.05) is 24.3 Å². The van der Waals surface area contributed by atoms with Gasteiger partial charge in [0, 0.05) is 25.2 Å². The highest BCUT2D eigenvalue weighted by Gasteiger charge is 2.10. The minimum atomic E-state index is -0.532. The Balaban J connectivity index is 0.00000480. The van der Waals surface area contributed by atoms with Crippen LogP contribution in [0.2, 0.25) is 0 Å². The summed E-state index contributed by atoms with van der Waals surface area (Å²) in [5, 5.41) is 9.06. The first kappa shape index (κ1) is 26.7. The fourth-order valence-electron chi connectivity index (χ4n) is 2.76. The van der Waals surface area contributed by atoms with E-state index in [1.54, 1.807) is 12.1 Å². The molecule has 0 saturated heterocycles. The van der Waals surface area contributed by atoms with Crippen molar-refractivity contribution in [1.82, 2.24) is 16.0 Å². The molecule has 0 spiro atoms.